The Labute approximate surface area is 415 Å². The SMILES string of the molecule is [2H]c1c([2H])c([2H])c(-n2c3ccccc3c3c2ccc2c4ccccc4n(-c4ccc(-c5nc(-c6ccc(-c7ccccc7)cc6)nc(-c6ccc7c(c6)c6ccccc6n7-c6ccccc6)n5)cc4C#N)c23)c([2H])c1[2H]. The Kier molecular flexibility index (Phi) is 8.01. The third-order valence-electron chi connectivity index (χ3n) is 13.6. The average Bonchev–Trinajstić information content (AvgIpc) is 4.30. The summed E-state index contributed by atoms with van der Waals surface area (Å²) in [5.41, 5.74) is 11.6. The topological polar surface area (TPSA) is 77.2 Å². The third-order valence-corrected chi connectivity index (χ3v) is 13.6. The van der Waals surface area contributed by atoms with E-state index in [-0.39, 0.29) is 17.8 Å². The fourth-order valence-corrected chi connectivity index (χ4v) is 10.5. The van der Waals surface area contributed by atoms with Crippen LogP contribution in [-0.4, -0.2) is 28.7 Å². The number of rotatable bonds is 7. The summed E-state index contributed by atoms with van der Waals surface area (Å²) < 4.78 is 49.8. The fraction of sp³-hybridized carbons (Fsp3) is 0. The molecule has 14 aromatic rings. The maximum Gasteiger partial charge on any atom is 0.164 e. The highest BCUT2D eigenvalue weighted by Gasteiger charge is 2.23. The highest BCUT2D eigenvalue weighted by atomic mass is 15.0. The van der Waals surface area contributed by atoms with Crippen molar-refractivity contribution in [1.82, 2.24) is 28.7 Å². The minimum Gasteiger partial charge on any atom is -0.309 e. The Morgan fingerprint density at radius 1 is 0.366 bits per heavy atom. The monoisotopic (exact) mass is 910 g/mol. The lowest BCUT2D eigenvalue weighted by atomic mass is 10.0. The van der Waals surface area contributed by atoms with Gasteiger partial charge < -0.3 is 13.7 Å². The number of hydrogen-bond donors (Lipinski definition) is 0. The molecule has 0 aliphatic rings. The van der Waals surface area contributed by atoms with E-state index in [1.807, 2.05) is 121 Å². The van der Waals surface area contributed by atoms with Crippen molar-refractivity contribution in [3.05, 3.63) is 242 Å². The lowest BCUT2D eigenvalue weighted by molar-refractivity contribution is 1.07. The van der Waals surface area contributed by atoms with Crippen LogP contribution in [0.15, 0.2) is 236 Å². The molecule has 0 N–H and O–H groups in total. The Balaban J connectivity index is 0.976. The van der Waals surface area contributed by atoms with Crippen molar-refractivity contribution in [2.75, 3.05) is 0 Å². The molecule has 0 amide bonds. The normalized spacial score (nSPS) is 12.6. The van der Waals surface area contributed by atoms with Gasteiger partial charge in [-0.1, -0.05) is 152 Å². The molecule has 0 aliphatic carbocycles. The zero-order chi connectivity index (χ0) is 51.3. The predicted molar refractivity (Wildman–Crippen MR) is 289 cm³/mol. The van der Waals surface area contributed by atoms with Gasteiger partial charge in [0.1, 0.15) is 6.07 Å². The molecule has 71 heavy (non-hydrogen) atoms. The van der Waals surface area contributed by atoms with Crippen molar-refractivity contribution in [2.45, 2.75) is 0 Å². The first-order chi connectivity index (χ1) is 37.2. The standard InChI is InChI=1S/C64H39N7/c65-40-46-38-44(32-35-54(46)71-56-26-14-10-22-49(56)51-34-37-59-60(61(51)71)52-24-12-15-27-57(52)70(59)48-20-8-3-9-21-48)63-66-62(43-30-28-42(29-31-43)41-16-4-1-5-17-41)67-64(68-63)45-33-36-58-53(39-45)50-23-11-13-25-55(50)69(58)47-18-6-2-7-19-47/h1-39H/i3D,8D,9D,20D,21D. The van der Waals surface area contributed by atoms with E-state index in [9.17, 15) is 5.26 Å². The molecule has 0 radical (unpaired) electrons. The fourth-order valence-electron chi connectivity index (χ4n) is 10.5. The Hall–Kier alpha value is -9.90. The smallest absolute Gasteiger partial charge is 0.164 e. The van der Waals surface area contributed by atoms with Gasteiger partial charge in [0, 0.05) is 60.4 Å². The number of para-hydroxylation sites is 5. The highest BCUT2D eigenvalue weighted by molar-refractivity contribution is 6.26. The molecule has 0 atom stereocenters. The largest absolute Gasteiger partial charge is 0.309 e. The van der Waals surface area contributed by atoms with Gasteiger partial charge in [0.2, 0.25) is 0 Å². The summed E-state index contributed by atoms with van der Waals surface area (Å²) in [6, 6.07) is 69.6. The molecule has 0 fully saturated rings. The van der Waals surface area contributed by atoms with Crippen LogP contribution in [0, 0.1) is 11.3 Å². The van der Waals surface area contributed by atoms with Crippen LogP contribution in [0.2, 0.25) is 0 Å². The van der Waals surface area contributed by atoms with E-state index in [4.69, 9.17) is 21.8 Å². The van der Waals surface area contributed by atoms with Gasteiger partial charge in [-0.25, -0.2) is 15.0 Å². The number of hydrogen-bond acceptors (Lipinski definition) is 4. The quantitative estimate of drug-likeness (QED) is 0.160. The number of aromatic nitrogens is 6. The maximum atomic E-state index is 11.2. The van der Waals surface area contributed by atoms with E-state index in [0.717, 1.165) is 82.3 Å². The van der Waals surface area contributed by atoms with Crippen molar-refractivity contribution in [2.24, 2.45) is 0 Å². The van der Waals surface area contributed by atoms with Gasteiger partial charge >= 0.3 is 0 Å². The molecule has 7 nitrogen and oxygen atoms in total. The summed E-state index contributed by atoms with van der Waals surface area (Å²) in [5, 5.41) is 16.9. The van der Waals surface area contributed by atoms with Crippen LogP contribution in [0.4, 0.5) is 0 Å². The molecule has 0 unspecified atom stereocenters. The molecule has 0 saturated heterocycles. The van der Waals surface area contributed by atoms with Crippen LogP contribution < -0.4 is 0 Å². The molecular weight excluding hydrogens is 867 g/mol. The molecule has 10 aromatic carbocycles. The third kappa shape index (κ3) is 6.40. The zero-order valence-electron chi connectivity index (χ0n) is 42.8. The maximum absolute atomic E-state index is 11.2. The molecule has 7 heteroatoms. The minimum absolute atomic E-state index is 0.0587. The van der Waals surface area contributed by atoms with Gasteiger partial charge in [-0.2, -0.15) is 5.26 Å². The lowest BCUT2D eigenvalue weighted by Crippen LogP contribution is -2.02. The first-order valence-corrected chi connectivity index (χ1v) is 23.3. The summed E-state index contributed by atoms with van der Waals surface area (Å²) in [6.07, 6.45) is 0. The van der Waals surface area contributed by atoms with Crippen molar-refractivity contribution in [3.8, 4) is 68.4 Å². The molecule has 330 valence electrons. The Morgan fingerprint density at radius 3 is 1.56 bits per heavy atom. The van der Waals surface area contributed by atoms with Gasteiger partial charge in [-0.05, 0) is 96.0 Å². The van der Waals surface area contributed by atoms with Crippen molar-refractivity contribution < 1.29 is 6.85 Å². The molecule has 4 heterocycles. The number of benzene rings is 10. The summed E-state index contributed by atoms with van der Waals surface area (Å²) in [4.78, 5) is 15.5. The molecule has 0 aliphatic heterocycles. The molecular formula is C64H39N7. The number of fused-ring (bicyclic) bond motifs is 10. The first kappa shape index (κ1) is 35.3. The van der Waals surface area contributed by atoms with E-state index in [1.54, 1.807) is 4.57 Å². The second-order valence-electron chi connectivity index (χ2n) is 17.5. The summed E-state index contributed by atoms with van der Waals surface area (Å²) in [6.45, 7) is 0. The molecule has 4 aromatic heterocycles. The number of nitrogens with zero attached hydrogens (tertiary/aromatic N) is 7. The van der Waals surface area contributed by atoms with Crippen molar-refractivity contribution in [1.29, 1.82) is 5.26 Å². The van der Waals surface area contributed by atoms with Crippen LogP contribution in [-0.2, 0) is 0 Å². The van der Waals surface area contributed by atoms with E-state index in [1.165, 1.54) is 0 Å². The van der Waals surface area contributed by atoms with Crippen molar-refractivity contribution >= 4 is 65.4 Å². The second-order valence-corrected chi connectivity index (χ2v) is 17.5. The van der Waals surface area contributed by atoms with E-state index in [2.05, 4.69) is 100 Å². The average molecular weight is 911 g/mol. The molecule has 0 spiro atoms. The summed E-state index contributed by atoms with van der Waals surface area (Å²) in [5.74, 6) is 1.36. The Morgan fingerprint density at radius 2 is 0.859 bits per heavy atom. The zero-order valence-corrected chi connectivity index (χ0v) is 37.8. The second kappa shape index (κ2) is 16.1. The van der Waals surface area contributed by atoms with E-state index >= 15 is 0 Å². The van der Waals surface area contributed by atoms with Crippen LogP contribution >= 0.6 is 0 Å². The van der Waals surface area contributed by atoms with Gasteiger partial charge in [-0.3, -0.25) is 0 Å². The molecule has 0 saturated carbocycles. The lowest BCUT2D eigenvalue weighted by Gasteiger charge is -2.13. The van der Waals surface area contributed by atoms with Crippen LogP contribution in [0.1, 0.15) is 12.4 Å². The molecule has 0 bridgehead atoms. The minimum atomic E-state index is -0.457. The Bertz CT molecular complexity index is 4740. The first-order valence-electron chi connectivity index (χ1n) is 25.8. The number of nitriles is 1. The van der Waals surface area contributed by atoms with Gasteiger partial charge in [0.25, 0.3) is 0 Å². The van der Waals surface area contributed by atoms with Crippen LogP contribution in [0.3, 0.4) is 0 Å². The summed E-state index contributed by atoms with van der Waals surface area (Å²) in [7, 11) is 0. The van der Waals surface area contributed by atoms with E-state index < -0.39 is 18.1 Å². The van der Waals surface area contributed by atoms with Gasteiger partial charge in [-0.15, -0.1) is 0 Å². The van der Waals surface area contributed by atoms with Crippen molar-refractivity contribution in [3.63, 3.8) is 0 Å². The highest BCUT2D eigenvalue weighted by Crippen LogP contribution is 2.43. The predicted octanol–water partition coefficient (Wildman–Crippen LogP) is 15.7. The molecule has 14 rings (SSSR count). The van der Waals surface area contributed by atoms with Gasteiger partial charge in [0.05, 0.1) is 51.2 Å². The van der Waals surface area contributed by atoms with E-state index in [0.29, 0.717) is 45.3 Å². The van der Waals surface area contributed by atoms with Gasteiger partial charge in [0.15, 0.2) is 17.5 Å². The van der Waals surface area contributed by atoms with Crippen LogP contribution in [0.25, 0.3) is 128 Å². The van der Waals surface area contributed by atoms with Crippen LogP contribution in [0.5, 0.6) is 0 Å². The summed E-state index contributed by atoms with van der Waals surface area (Å²) >= 11 is 0.